The summed E-state index contributed by atoms with van der Waals surface area (Å²) in [7, 11) is 2.11. The molecule has 1 saturated carbocycles. The SMILES string of the molecule is Cn1c(C2CCC(CNC(=O)c3cncc(Br)c3)CC2)nc2ccccc21. The summed E-state index contributed by atoms with van der Waals surface area (Å²) >= 11 is 3.35. The Labute approximate surface area is 167 Å². The van der Waals surface area contributed by atoms with Crippen LogP contribution in [0, 0.1) is 5.92 Å². The van der Waals surface area contributed by atoms with Gasteiger partial charge in [-0.2, -0.15) is 0 Å². The van der Waals surface area contributed by atoms with Crippen LogP contribution in [-0.2, 0) is 7.05 Å². The van der Waals surface area contributed by atoms with Crippen LogP contribution in [0.25, 0.3) is 11.0 Å². The Balaban J connectivity index is 1.33. The van der Waals surface area contributed by atoms with Crippen molar-refractivity contribution < 1.29 is 4.79 Å². The number of nitrogens with one attached hydrogen (secondary N) is 1. The minimum absolute atomic E-state index is 0.0544. The number of carbonyl (C=O) groups excluding carboxylic acids is 1. The van der Waals surface area contributed by atoms with Crippen LogP contribution >= 0.6 is 15.9 Å². The Morgan fingerprint density at radius 1 is 1.22 bits per heavy atom. The fourth-order valence-electron chi connectivity index (χ4n) is 4.03. The molecule has 2 aromatic heterocycles. The normalized spacial score (nSPS) is 19.9. The summed E-state index contributed by atoms with van der Waals surface area (Å²) in [5.41, 5.74) is 2.87. The molecule has 3 aromatic rings. The molecule has 0 radical (unpaired) electrons. The Morgan fingerprint density at radius 2 is 2.00 bits per heavy atom. The van der Waals surface area contributed by atoms with E-state index in [4.69, 9.17) is 4.98 Å². The van der Waals surface area contributed by atoms with Crippen molar-refractivity contribution in [2.45, 2.75) is 31.6 Å². The van der Waals surface area contributed by atoms with Gasteiger partial charge in [-0.3, -0.25) is 9.78 Å². The number of hydrogen-bond donors (Lipinski definition) is 1. The molecular weight excluding hydrogens is 404 g/mol. The topological polar surface area (TPSA) is 59.8 Å². The molecular formula is C21H23BrN4O. The Bertz CT molecular complexity index is 960. The zero-order chi connectivity index (χ0) is 18.8. The first-order chi connectivity index (χ1) is 13.1. The number of imidazole rings is 1. The van der Waals surface area contributed by atoms with Crippen LogP contribution in [0.4, 0.5) is 0 Å². The van der Waals surface area contributed by atoms with E-state index in [-0.39, 0.29) is 5.91 Å². The van der Waals surface area contributed by atoms with Crippen LogP contribution in [0.2, 0.25) is 0 Å². The highest BCUT2D eigenvalue weighted by atomic mass is 79.9. The molecule has 0 aliphatic heterocycles. The van der Waals surface area contributed by atoms with Gasteiger partial charge in [0.2, 0.25) is 0 Å². The molecule has 1 aliphatic carbocycles. The van der Waals surface area contributed by atoms with Gasteiger partial charge in [0.25, 0.3) is 5.91 Å². The van der Waals surface area contributed by atoms with Crippen molar-refractivity contribution in [2.75, 3.05) is 6.54 Å². The monoisotopic (exact) mass is 426 g/mol. The average molecular weight is 427 g/mol. The molecule has 0 bridgehead atoms. The summed E-state index contributed by atoms with van der Waals surface area (Å²) in [5, 5.41) is 3.06. The molecule has 2 heterocycles. The molecule has 0 unspecified atom stereocenters. The largest absolute Gasteiger partial charge is 0.352 e. The van der Waals surface area contributed by atoms with E-state index in [1.807, 2.05) is 6.07 Å². The lowest BCUT2D eigenvalue weighted by Crippen LogP contribution is -2.31. The van der Waals surface area contributed by atoms with E-state index in [1.165, 1.54) is 11.3 Å². The van der Waals surface area contributed by atoms with Gasteiger partial charge in [0.15, 0.2) is 0 Å². The third-order valence-corrected chi connectivity index (χ3v) is 5.99. The quantitative estimate of drug-likeness (QED) is 0.670. The van der Waals surface area contributed by atoms with Gasteiger partial charge < -0.3 is 9.88 Å². The fourth-order valence-corrected chi connectivity index (χ4v) is 4.39. The number of hydrogen-bond acceptors (Lipinski definition) is 3. The smallest absolute Gasteiger partial charge is 0.252 e. The molecule has 0 spiro atoms. The molecule has 27 heavy (non-hydrogen) atoms. The van der Waals surface area contributed by atoms with Gasteiger partial charge in [-0.1, -0.05) is 12.1 Å². The van der Waals surface area contributed by atoms with Crippen molar-refractivity contribution in [1.82, 2.24) is 19.9 Å². The first-order valence-corrected chi connectivity index (χ1v) is 10.2. The lowest BCUT2D eigenvalue weighted by atomic mass is 9.81. The maximum Gasteiger partial charge on any atom is 0.252 e. The van der Waals surface area contributed by atoms with E-state index >= 15 is 0 Å². The first-order valence-electron chi connectivity index (χ1n) is 9.42. The predicted octanol–water partition coefficient (Wildman–Crippen LogP) is 4.43. The Hall–Kier alpha value is -2.21. The van der Waals surface area contributed by atoms with Crippen LogP contribution in [0.5, 0.6) is 0 Å². The molecule has 1 aliphatic rings. The number of aryl methyl sites for hydroxylation is 1. The fraction of sp³-hybridized carbons (Fsp3) is 0.381. The van der Waals surface area contributed by atoms with Gasteiger partial charge in [-0.05, 0) is 65.7 Å². The number of pyridine rings is 1. The predicted molar refractivity (Wildman–Crippen MR) is 110 cm³/mol. The van der Waals surface area contributed by atoms with Crippen molar-refractivity contribution >= 4 is 32.9 Å². The van der Waals surface area contributed by atoms with E-state index in [2.05, 4.69) is 56.0 Å². The second-order valence-corrected chi connectivity index (χ2v) is 8.25. The number of benzene rings is 1. The summed E-state index contributed by atoms with van der Waals surface area (Å²) in [6, 6.07) is 10.1. The van der Waals surface area contributed by atoms with Gasteiger partial charge >= 0.3 is 0 Å². The van der Waals surface area contributed by atoms with E-state index in [0.29, 0.717) is 17.4 Å². The summed E-state index contributed by atoms with van der Waals surface area (Å²) in [6.07, 6.45) is 7.75. The van der Waals surface area contributed by atoms with E-state index in [1.54, 1.807) is 18.5 Å². The van der Waals surface area contributed by atoms with Crippen molar-refractivity contribution in [2.24, 2.45) is 13.0 Å². The third-order valence-electron chi connectivity index (χ3n) is 5.55. The summed E-state index contributed by atoms with van der Waals surface area (Å²) in [6.45, 7) is 0.723. The minimum Gasteiger partial charge on any atom is -0.352 e. The lowest BCUT2D eigenvalue weighted by Gasteiger charge is -2.28. The minimum atomic E-state index is -0.0544. The average Bonchev–Trinajstić information content (AvgIpc) is 3.03. The number of para-hydroxylation sites is 2. The van der Waals surface area contributed by atoms with E-state index in [9.17, 15) is 4.79 Å². The number of rotatable bonds is 4. The van der Waals surface area contributed by atoms with Crippen LogP contribution in [0.1, 0.15) is 47.8 Å². The number of aromatic nitrogens is 3. The second kappa shape index (κ2) is 7.80. The van der Waals surface area contributed by atoms with Gasteiger partial charge in [0, 0.05) is 36.4 Å². The van der Waals surface area contributed by atoms with Crippen molar-refractivity contribution in [1.29, 1.82) is 0 Å². The van der Waals surface area contributed by atoms with Crippen LogP contribution in [0.3, 0.4) is 0 Å². The molecule has 1 amide bonds. The molecule has 1 fully saturated rings. The standard InChI is InChI=1S/C21H23BrN4O/c1-26-19-5-3-2-4-18(19)25-20(26)15-8-6-14(7-9-15)11-24-21(27)16-10-17(22)13-23-12-16/h2-5,10,12-15H,6-9,11H2,1H3,(H,24,27). The van der Waals surface area contributed by atoms with Gasteiger partial charge in [0.05, 0.1) is 16.6 Å². The van der Waals surface area contributed by atoms with Crippen molar-refractivity contribution in [3.05, 3.63) is 58.6 Å². The third kappa shape index (κ3) is 3.90. The molecule has 1 N–H and O–H groups in total. The molecule has 4 rings (SSSR count). The highest BCUT2D eigenvalue weighted by molar-refractivity contribution is 9.10. The lowest BCUT2D eigenvalue weighted by molar-refractivity contribution is 0.0942. The zero-order valence-electron chi connectivity index (χ0n) is 15.4. The molecule has 1 aromatic carbocycles. The molecule has 0 saturated heterocycles. The highest BCUT2D eigenvalue weighted by Crippen LogP contribution is 2.36. The summed E-state index contributed by atoms with van der Waals surface area (Å²) < 4.78 is 3.06. The van der Waals surface area contributed by atoms with E-state index in [0.717, 1.165) is 42.2 Å². The van der Waals surface area contributed by atoms with Crippen LogP contribution in [0.15, 0.2) is 47.2 Å². The van der Waals surface area contributed by atoms with Crippen LogP contribution in [-0.4, -0.2) is 27.0 Å². The number of fused-ring (bicyclic) bond motifs is 1. The van der Waals surface area contributed by atoms with Gasteiger partial charge in [-0.25, -0.2) is 4.98 Å². The first kappa shape index (κ1) is 18.2. The highest BCUT2D eigenvalue weighted by Gasteiger charge is 2.26. The Morgan fingerprint density at radius 3 is 2.74 bits per heavy atom. The number of amides is 1. The molecule has 5 nitrogen and oxygen atoms in total. The zero-order valence-corrected chi connectivity index (χ0v) is 16.9. The maximum absolute atomic E-state index is 12.3. The second-order valence-electron chi connectivity index (χ2n) is 7.34. The molecule has 6 heteroatoms. The maximum atomic E-state index is 12.3. The summed E-state index contributed by atoms with van der Waals surface area (Å²) in [5.74, 6) is 2.17. The Kier molecular flexibility index (Phi) is 5.25. The van der Waals surface area contributed by atoms with Crippen molar-refractivity contribution in [3.8, 4) is 0 Å². The molecule has 0 atom stereocenters. The van der Waals surface area contributed by atoms with Gasteiger partial charge in [-0.15, -0.1) is 0 Å². The van der Waals surface area contributed by atoms with Gasteiger partial charge in [0.1, 0.15) is 5.82 Å². The van der Waals surface area contributed by atoms with Crippen molar-refractivity contribution in [3.63, 3.8) is 0 Å². The summed E-state index contributed by atoms with van der Waals surface area (Å²) in [4.78, 5) is 21.2. The van der Waals surface area contributed by atoms with E-state index < -0.39 is 0 Å². The van der Waals surface area contributed by atoms with Crippen LogP contribution < -0.4 is 5.32 Å². The number of carbonyl (C=O) groups is 1. The number of halogens is 1. The molecule has 140 valence electrons. The number of nitrogens with zero attached hydrogens (tertiary/aromatic N) is 3.